The van der Waals surface area contributed by atoms with Crippen LogP contribution in [0.1, 0.15) is 5.56 Å². The maximum atomic E-state index is 5.58. The number of rotatable bonds is 3. The lowest BCUT2D eigenvalue weighted by molar-refractivity contribution is 1.15. The number of nitrogens with zero attached hydrogens (tertiary/aromatic N) is 2. The van der Waals surface area contributed by atoms with E-state index in [2.05, 4.69) is 36.6 Å². The van der Waals surface area contributed by atoms with E-state index in [1.165, 1.54) is 0 Å². The maximum Gasteiger partial charge on any atom is 0.223 e. The predicted molar refractivity (Wildman–Crippen MR) is 76.4 cm³/mol. The number of aromatic nitrogens is 2. The minimum atomic E-state index is 0.154. The smallest absolute Gasteiger partial charge is 0.223 e. The van der Waals surface area contributed by atoms with Crippen molar-refractivity contribution >= 4 is 39.2 Å². The molecular formula is C11H13BrN6. The van der Waals surface area contributed by atoms with Crippen molar-refractivity contribution in [3.05, 3.63) is 34.3 Å². The van der Waals surface area contributed by atoms with Gasteiger partial charge in [-0.1, -0.05) is 15.9 Å². The number of nitrogens with one attached hydrogen (secondary N) is 2. The van der Waals surface area contributed by atoms with Crippen molar-refractivity contribution in [1.82, 2.24) is 9.97 Å². The van der Waals surface area contributed by atoms with Gasteiger partial charge in [0, 0.05) is 16.2 Å². The van der Waals surface area contributed by atoms with Crippen molar-refractivity contribution < 1.29 is 0 Å². The Morgan fingerprint density at radius 3 is 2.56 bits per heavy atom. The SMILES string of the molecule is Cc1cc(Nc2cc(NN)nc(N)n2)ccc1Br. The first-order valence-electron chi connectivity index (χ1n) is 5.23. The molecule has 0 saturated heterocycles. The molecule has 0 radical (unpaired) electrons. The lowest BCUT2D eigenvalue weighted by Crippen LogP contribution is -2.11. The fraction of sp³-hybridized carbons (Fsp3) is 0.0909. The van der Waals surface area contributed by atoms with Gasteiger partial charge in [-0.15, -0.1) is 0 Å². The van der Waals surface area contributed by atoms with E-state index in [1.807, 2.05) is 25.1 Å². The predicted octanol–water partition coefficient (Wildman–Crippen LogP) is 2.16. The summed E-state index contributed by atoms with van der Waals surface area (Å²) >= 11 is 3.45. The van der Waals surface area contributed by atoms with Crippen LogP contribution in [0.15, 0.2) is 28.7 Å². The number of nitrogens with two attached hydrogens (primary N) is 2. The summed E-state index contributed by atoms with van der Waals surface area (Å²) < 4.78 is 1.06. The molecule has 0 spiro atoms. The molecule has 1 aromatic heterocycles. The quantitative estimate of drug-likeness (QED) is 0.512. The monoisotopic (exact) mass is 308 g/mol. The molecule has 18 heavy (non-hydrogen) atoms. The second-order valence-electron chi connectivity index (χ2n) is 3.73. The molecular weight excluding hydrogens is 296 g/mol. The largest absolute Gasteiger partial charge is 0.368 e. The minimum absolute atomic E-state index is 0.154. The highest BCUT2D eigenvalue weighted by Gasteiger charge is 2.03. The van der Waals surface area contributed by atoms with Crippen LogP contribution in [0, 0.1) is 6.92 Å². The summed E-state index contributed by atoms with van der Waals surface area (Å²) in [5.74, 6) is 6.49. The van der Waals surface area contributed by atoms with E-state index in [4.69, 9.17) is 11.6 Å². The van der Waals surface area contributed by atoms with Crippen LogP contribution in [0.4, 0.5) is 23.3 Å². The molecule has 0 atom stereocenters. The van der Waals surface area contributed by atoms with Gasteiger partial charge in [0.1, 0.15) is 11.6 Å². The number of halogens is 1. The van der Waals surface area contributed by atoms with Gasteiger partial charge in [-0.05, 0) is 30.7 Å². The van der Waals surface area contributed by atoms with Crippen molar-refractivity contribution in [3.8, 4) is 0 Å². The van der Waals surface area contributed by atoms with Gasteiger partial charge in [0.15, 0.2) is 0 Å². The number of anilines is 4. The van der Waals surface area contributed by atoms with Crippen molar-refractivity contribution in [2.24, 2.45) is 5.84 Å². The van der Waals surface area contributed by atoms with Gasteiger partial charge in [0.2, 0.25) is 5.95 Å². The number of nitrogen functional groups attached to an aromatic ring is 2. The van der Waals surface area contributed by atoms with Gasteiger partial charge in [0.05, 0.1) is 0 Å². The molecule has 6 N–H and O–H groups in total. The Balaban J connectivity index is 2.27. The highest BCUT2D eigenvalue weighted by Crippen LogP contribution is 2.23. The minimum Gasteiger partial charge on any atom is -0.368 e. The summed E-state index contributed by atoms with van der Waals surface area (Å²) in [7, 11) is 0. The zero-order valence-electron chi connectivity index (χ0n) is 9.74. The summed E-state index contributed by atoms with van der Waals surface area (Å²) in [5.41, 5.74) is 10.1. The summed E-state index contributed by atoms with van der Waals surface area (Å²) in [4.78, 5) is 7.99. The summed E-state index contributed by atoms with van der Waals surface area (Å²) in [6.45, 7) is 2.01. The second kappa shape index (κ2) is 5.19. The van der Waals surface area contributed by atoms with Crippen LogP contribution in [-0.2, 0) is 0 Å². The van der Waals surface area contributed by atoms with Crippen LogP contribution < -0.4 is 22.3 Å². The Bertz CT molecular complexity index is 571. The average Bonchev–Trinajstić information content (AvgIpc) is 2.33. The average molecular weight is 309 g/mol. The van der Waals surface area contributed by atoms with Crippen LogP contribution in [0.2, 0.25) is 0 Å². The third-order valence-electron chi connectivity index (χ3n) is 2.32. The lowest BCUT2D eigenvalue weighted by Gasteiger charge is -2.09. The van der Waals surface area contributed by atoms with Crippen LogP contribution in [0.5, 0.6) is 0 Å². The Morgan fingerprint density at radius 2 is 1.89 bits per heavy atom. The highest BCUT2D eigenvalue weighted by molar-refractivity contribution is 9.10. The zero-order chi connectivity index (χ0) is 13.1. The molecule has 2 rings (SSSR count). The van der Waals surface area contributed by atoms with Gasteiger partial charge in [-0.3, -0.25) is 0 Å². The van der Waals surface area contributed by atoms with Crippen molar-refractivity contribution in [1.29, 1.82) is 0 Å². The van der Waals surface area contributed by atoms with Gasteiger partial charge in [-0.2, -0.15) is 9.97 Å². The molecule has 0 saturated carbocycles. The van der Waals surface area contributed by atoms with E-state index in [1.54, 1.807) is 6.07 Å². The number of hydrazine groups is 1. The Kier molecular flexibility index (Phi) is 3.63. The molecule has 0 bridgehead atoms. The van der Waals surface area contributed by atoms with E-state index < -0.39 is 0 Å². The Morgan fingerprint density at radius 1 is 1.17 bits per heavy atom. The van der Waals surface area contributed by atoms with Crippen molar-refractivity contribution in [2.75, 3.05) is 16.5 Å². The van der Waals surface area contributed by atoms with Crippen LogP contribution in [0.3, 0.4) is 0 Å². The van der Waals surface area contributed by atoms with Crippen LogP contribution in [0.25, 0.3) is 0 Å². The Labute approximate surface area is 113 Å². The second-order valence-corrected chi connectivity index (χ2v) is 4.58. The maximum absolute atomic E-state index is 5.58. The lowest BCUT2D eigenvalue weighted by atomic mass is 10.2. The van der Waals surface area contributed by atoms with Gasteiger partial charge < -0.3 is 16.5 Å². The van der Waals surface area contributed by atoms with E-state index in [0.717, 1.165) is 15.7 Å². The molecule has 0 fully saturated rings. The molecule has 0 aliphatic heterocycles. The fourth-order valence-electron chi connectivity index (χ4n) is 1.47. The van der Waals surface area contributed by atoms with Gasteiger partial charge in [-0.25, -0.2) is 5.84 Å². The summed E-state index contributed by atoms with van der Waals surface area (Å²) in [6, 6.07) is 7.57. The van der Waals surface area contributed by atoms with E-state index in [0.29, 0.717) is 11.6 Å². The fourth-order valence-corrected chi connectivity index (χ4v) is 1.72. The molecule has 1 heterocycles. The molecule has 94 valence electrons. The first-order valence-corrected chi connectivity index (χ1v) is 6.02. The standard InChI is InChI=1S/C11H13BrN6/c1-6-4-7(2-3-8(6)12)15-9-5-10(18-14)17-11(13)16-9/h2-5H,14H2,1H3,(H4,13,15,16,17,18). The first-order chi connectivity index (χ1) is 8.58. The number of benzene rings is 1. The van der Waals surface area contributed by atoms with Gasteiger partial charge >= 0.3 is 0 Å². The van der Waals surface area contributed by atoms with Gasteiger partial charge in [0.25, 0.3) is 0 Å². The van der Waals surface area contributed by atoms with Crippen LogP contribution in [-0.4, -0.2) is 9.97 Å². The van der Waals surface area contributed by atoms with E-state index in [9.17, 15) is 0 Å². The van der Waals surface area contributed by atoms with Crippen LogP contribution >= 0.6 is 15.9 Å². The normalized spacial score (nSPS) is 10.2. The topological polar surface area (TPSA) is 102 Å². The molecule has 2 aromatic rings. The molecule has 6 nitrogen and oxygen atoms in total. The van der Waals surface area contributed by atoms with Crippen molar-refractivity contribution in [2.45, 2.75) is 6.92 Å². The van der Waals surface area contributed by atoms with E-state index in [-0.39, 0.29) is 5.95 Å². The molecule has 0 amide bonds. The zero-order valence-corrected chi connectivity index (χ0v) is 11.3. The number of aryl methyl sites for hydroxylation is 1. The molecule has 0 aliphatic carbocycles. The van der Waals surface area contributed by atoms with E-state index >= 15 is 0 Å². The van der Waals surface area contributed by atoms with Crippen molar-refractivity contribution in [3.63, 3.8) is 0 Å². The first kappa shape index (κ1) is 12.6. The Hall–Kier alpha value is -1.86. The molecule has 0 unspecified atom stereocenters. The third kappa shape index (κ3) is 2.88. The highest BCUT2D eigenvalue weighted by atomic mass is 79.9. The number of hydrogen-bond acceptors (Lipinski definition) is 6. The third-order valence-corrected chi connectivity index (χ3v) is 3.21. The summed E-state index contributed by atoms with van der Waals surface area (Å²) in [6.07, 6.45) is 0. The molecule has 1 aromatic carbocycles. The number of hydrogen-bond donors (Lipinski definition) is 4. The molecule has 7 heteroatoms. The molecule has 0 aliphatic rings. The summed E-state index contributed by atoms with van der Waals surface area (Å²) in [5, 5.41) is 3.14.